The molecule has 0 amide bonds. The largest absolute Gasteiger partial charge is 0.494 e. The van der Waals surface area contributed by atoms with Crippen LogP contribution in [0.3, 0.4) is 0 Å². The molecule has 0 aliphatic carbocycles. The maximum Gasteiger partial charge on any atom is 0.184 e. The van der Waals surface area contributed by atoms with E-state index in [1.165, 1.54) is 0 Å². The van der Waals surface area contributed by atoms with Crippen molar-refractivity contribution in [3.63, 3.8) is 0 Å². The highest BCUT2D eigenvalue weighted by molar-refractivity contribution is 5.94. The highest BCUT2D eigenvalue weighted by Gasteiger charge is 2.19. The highest BCUT2D eigenvalue weighted by atomic mass is 16.5. The van der Waals surface area contributed by atoms with E-state index in [4.69, 9.17) is 14.0 Å². The summed E-state index contributed by atoms with van der Waals surface area (Å²) in [4.78, 5) is 12.2. The van der Waals surface area contributed by atoms with Gasteiger partial charge in [-0.2, -0.15) is 0 Å². The van der Waals surface area contributed by atoms with Crippen molar-refractivity contribution in [2.75, 3.05) is 19.8 Å². The van der Waals surface area contributed by atoms with Crippen LogP contribution in [0.5, 0.6) is 5.75 Å². The SMILES string of the molecule is O=C(CCC1CCOC1)c1cc(CCCCOc2ccccc2)on1. The zero-order chi connectivity index (χ0) is 17.3. The lowest BCUT2D eigenvalue weighted by molar-refractivity contribution is 0.0962. The van der Waals surface area contributed by atoms with Gasteiger partial charge in [-0.15, -0.1) is 0 Å². The lowest BCUT2D eigenvalue weighted by atomic mass is 10.00. The maximum absolute atomic E-state index is 12.2. The average molecular weight is 343 g/mol. The molecule has 1 atom stereocenters. The van der Waals surface area contributed by atoms with Crippen molar-refractivity contribution in [1.82, 2.24) is 5.16 Å². The molecule has 25 heavy (non-hydrogen) atoms. The molecule has 1 fully saturated rings. The Morgan fingerprint density at radius 2 is 2.12 bits per heavy atom. The Balaban J connectivity index is 1.33. The Morgan fingerprint density at radius 3 is 2.92 bits per heavy atom. The number of Topliss-reactive ketones (excluding diaryl/α,β-unsaturated/α-hetero) is 1. The van der Waals surface area contributed by atoms with Crippen LogP contribution in [0.25, 0.3) is 0 Å². The van der Waals surface area contributed by atoms with E-state index in [-0.39, 0.29) is 5.78 Å². The van der Waals surface area contributed by atoms with Crippen LogP contribution in [0.4, 0.5) is 0 Å². The number of ketones is 1. The van der Waals surface area contributed by atoms with Crippen molar-refractivity contribution in [3.8, 4) is 5.75 Å². The van der Waals surface area contributed by atoms with E-state index in [1.807, 2.05) is 30.3 Å². The van der Waals surface area contributed by atoms with Gasteiger partial charge in [-0.1, -0.05) is 23.4 Å². The zero-order valence-corrected chi connectivity index (χ0v) is 14.5. The van der Waals surface area contributed by atoms with Gasteiger partial charge >= 0.3 is 0 Å². The number of carbonyl (C=O) groups excluding carboxylic acids is 1. The minimum Gasteiger partial charge on any atom is -0.494 e. The van der Waals surface area contributed by atoms with Gasteiger partial charge in [0.2, 0.25) is 0 Å². The first kappa shape index (κ1) is 17.7. The number of hydrogen-bond acceptors (Lipinski definition) is 5. The second kappa shape index (κ2) is 9.37. The molecule has 134 valence electrons. The summed E-state index contributed by atoms with van der Waals surface area (Å²) < 4.78 is 16.3. The summed E-state index contributed by atoms with van der Waals surface area (Å²) in [7, 11) is 0. The third-order valence-electron chi connectivity index (χ3n) is 4.48. The van der Waals surface area contributed by atoms with Gasteiger partial charge in [-0.05, 0) is 43.7 Å². The fourth-order valence-electron chi connectivity index (χ4n) is 2.94. The van der Waals surface area contributed by atoms with Crippen LogP contribution >= 0.6 is 0 Å². The van der Waals surface area contributed by atoms with E-state index in [0.29, 0.717) is 24.6 Å². The molecule has 2 heterocycles. The van der Waals surface area contributed by atoms with Gasteiger partial charge in [-0.3, -0.25) is 4.79 Å². The van der Waals surface area contributed by atoms with Crippen molar-refractivity contribution in [3.05, 3.63) is 47.9 Å². The molecule has 1 aliphatic rings. The number of rotatable bonds is 10. The highest BCUT2D eigenvalue weighted by Crippen LogP contribution is 2.19. The van der Waals surface area contributed by atoms with Gasteiger partial charge in [0, 0.05) is 32.1 Å². The molecule has 0 radical (unpaired) electrons. The van der Waals surface area contributed by atoms with E-state index in [2.05, 4.69) is 5.16 Å². The van der Waals surface area contributed by atoms with Gasteiger partial charge in [0.1, 0.15) is 17.2 Å². The van der Waals surface area contributed by atoms with E-state index in [1.54, 1.807) is 6.07 Å². The summed E-state index contributed by atoms with van der Waals surface area (Å²) in [5, 5.41) is 3.92. The summed E-state index contributed by atoms with van der Waals surface area (Å²) in [5.74, 6) is 2.24. The normalized spacial score (nSPS) is 16.9. The van der Waals surface area contributed by atoms with Crippen LogP contribution in [0.1, 0.15) is 48.4 Å². The topological polar surface area (TPSA) is 61.6 Å². The number of aryl methyl sites for hydroxylation is 1. The first-order chi connectivity index (χ1) is 12.3. The van der Waals surface area contributed by atoms with Crippen LogP contribution in [0.15, 0.2) is 40.9 Å². The fraction of sp³-hybridized carbons (Fsp3) is 0.500. The molecule has 0 N–H and O–H groups in total. The van der Waals surface area contributed by atoms with Gasteiger partial charge in [0.25, 0.3) is 0 Å². The molecule has 0 saturated carbocycles. The minimum absolute atomic E-state index is 0.0642. The number of ether oxygens (including phenoxy) is 2. The van der Waals surface area contributed by atoms with E-state index < -0.39 is 0 Å². The zero-order valence-electron chi connectivity index (χ0n) is 14.5. The van der Waals surface area contributed by atoms with Gasteiger partial charge in [0.15, 0.2) is 5.78 Å². The third-order valence-corrected chi connectivity index (χ3v) is 4.48. The summed E-state index contributed by atoms with van der Waals surface area (Å²) in [5.41, 5.74) is 0.453. The molecule has 1 unspecified atom stereocenters. The predicted octanol–water partition coefficient (Wildman–Crippen LogP) is 4.08. The summed E-state index contributed by atoms with van der Waals surface area (Å²) in [6.07, 6.45) is 5.09. The van der Waals surface area contributed by atoms with Crippen LogP contribution in [0.2, 0.25) is 0 Å². The lowest BCUT2D eigenvalue weighted by Crippen LogP contribution is -2.05. The van der Waals surface area contributed by atoms with Crippen molar-refractivity contribution in [2.45, 2.75) is 38.5 Å². The molecule has 1 aromatic heterocycles. The van der Waals surface area contributed by atoms with Crippen molar-refractivity contribution in [2.24, 2.45) is 5.92 Å². The number of unbranched alkanes of at least 4 members (excludes halogenated alkanes) is 1. The monoisotopic (exact) mass is 343 g/mol. The molecule has 0 bridgehead atoms. The number of para-hydroxylation sites is 1. The second-order valence-corrected chi connectivity index (χ2v) is 6.49. The average Bonchev–Trinajstić information content (AvgIpc) is 3.32. The van der Waals surface area contributed by atoms with E-state index >= 15 is 0 Å². The van der Waals surface area contributed by atoms with Gasteiger partial charge < -0.3 is 14.0 Å². The molecule has 5 nitrogen and oxygen atoms in total. The lowest BCUT2D eigenvalue weighted by Gasteiger charge is -2.04. The predicted molar refractivity (Wildman–Crippen MR) is 93.9 cm³/mol. The number of hydrogen-bond donors (Lipinski definition) is 0. The fourth-order valence-corrected chi connectivity index (χ4v) is 2.94. The molecular weight excluding hydrogens is 318 g/mol. The number of nitrogens with zero attached hydrogens (tertiary/aromatic N) is 1. The molecule has 5 heteroatoms. The van der Waals surface area contributed by atoms with Crippen molar-refractivity contribution < 1.29 is 18.8 Å². The van der Waals surface area contributed by atoms with Crippen LogP contribution in [-0.4, -0.2) is 30.8 Å². The van der Waals surface area contributed by atoms with Crippen molar-refractivity contribution >= 4 is 5.78 Å². The molecule has 1 aliphatic heterocycles. The molecule has 3 rings (SSSR count). The maximum atomic E-state index is 12.2. The minimum atomic E-state index is 0.0642. The van der Waals surface area contributed by atoms with Crippen LogP contribution < -0.4 is 4.74 Å². The van der Waals surface area contributed by atoms with E-state index in [0.717, 1.165) is 56.8 Å². The van der Waals surface area contributed by atoms with Crippen molar-refractivity contribution in [1.29, 1.82) is 0 Å². The van der Waals surface area contributed by atoms with Gasteiger partial charge in [0.05, 0.1) is 6.61 Å². The Bertz CT molecular complexity index is 647. The quantitative estimate of drug-likeness (QED) is 0.480. The molecule has 1 aromatic carbocycles. The number of benzene rings is 1. The van der Waals surface area contributed by atoms with E-state index in [9.17, 15) is 4.79 Å². The Kier molecular flexibility index (Phi) is 6.63. The standard InChI is InChI=1S/C20H25NO4/c22-20(10-9-16-11-13-23-15-16)19-14-18(25-21-19)8-4-5-12-24-17-6-2-1-3-7-17/h1-3,6-7,14,16H,4-5,8-13,15H2. The smallest absolute Gasteiger partial charge is 0.184 e. The Labute approximate surface area is 148 Å². The first-order valence-electron chi connectivity index (χ1n) is 9.05. The van der Waals surface area contributed by atoms with Gasteiger partial charge in [-0.25, -0.2) is 0 Å². The second-order valence-electron chi connectivity index (χ2n) is 6.49. The third kappa shape index (κ3) is 5.71. The number of carbonyl (C=O) groups is 1. The molecule has 1 saturated heterocycles. The summed E-state index contributed by atoms with van der Waals surface area (Å²) in [6.45, 7) is 2.27. The van der Waals surface area contributed by atoms with Crippen LogP contribution in [0, 0.1) is 5.92 Å². The van der Waals surface area contributed by atoms with Crippen LogP contribution in [-0.2, 0) is 11.2 Å². The Morgan fingerprint density at radius 1 is 1.24 bits per heavy atom. The molecule has 2 aromatic rings. The molecular formula is C20H25NO4. The first-order valence-corrected chi connectivity index (χ1v) is 9.05. The molecule has 0 spiro atoms. The Hall–Kier alpha value is -2.14. The summed E-state index contributed by atoms with van der Waals surface area (Å²) >= 11 is 0. The summed E-state index contributed by atoms with van der Waals surface area (Å²) in [6, 6.07) is 11.6. The number of aromatic nitrogens is 1.